The molecule has 0 atom stereocenters. The molecule has 4 aromatic rings. The molecule has 10 heteroatoms. The molecule has 0 saturated heterocycles. The average molecular weight is 417 g/mol. The SMILES string of the molecule is COc1cccc(F)c1CNc1ccc(-c2cnccc2C(F)(F)F)c2nncn12. The molecule has 154 valence electrons. The zero-order valence-electron chi connectivity index (χ0n) is 15.6. The van der Waals surface area contributed by atoms with Gasteiger partial charge in [-0.1, -0.05) is 6.07 Å². The van der Waals surface area contributed by atoms with Gasteiger partial charge in [0.15, 0.2) is 5.65 Å². The third-order valence-electron chi connectivity index (χ3n) is 4.61. The van der Waals surface area contributed by atoms with Crippen molar-refractivity contribution in [3.63, 3.8) is 0 Å². The monoisotopic (exact) mass is 417 g/mol. The molecule has 0 spiro atoms. The molecular weight excluding hydrogens is 402 g/mol. The number of aromatic nitrogens is 4. The van der Waals surface area contributed by atoms with Crippen LogP contribution in [0.15, 0.2) is 55.1 Å². The van der Waals surface area contributed by atoms with Crippen molar-refractivity contribution in [1.82, 2.24) is 19.6 Å². The van der Waals surface area contributed by atoms with Gasteiger partial charge in [0.25, 0.3) is 0 Å². The highest BCUT2D eigenvalue weighted by molar-refractivity contribution is 5.80. The van der Waals surface area contributed by atoms with Crippen LogP contribution in [0.2, 0.25) is 0 Å². The molecule has 0 fully saturated rings. The lowest BCUT2D eigenvalue weighted by atomic mass is 10.0. The van der Waals surface area contributed by atoms with E-state index in [-0.39, 0.29) is 23.3 Å². The van der Waals surface area contributed by atoms with E-state index in [0.717, 1.165) is 18.5 Å². The smallest absolute Gasteiger partial charge is 0.417 e. The van der Waals surface area contributed by atoms with E-state index in [1.807, 2.05) is 0 Å². The van der Waals surface area contributed by atoms with Crippen molar-refractivity contribution in [3.8, 4) is 16.9 Å². The second-order valence-electron chi connectivity index (χ2n) is 6.35. The predicted octanol–water partition coefficient (Wildman–Crippen LogP) is 4.57. The summed E-state index contributed by atoms with van der Waals surface area (Å²) < 4.78 is 61.1. The third kappa shape index (κ3) is 3.51. The fourth-order valence-electron chi connectivity index (χ4n) is 3.20. The molecule has 0 saturated carbocycles. The molecule has 1 aromatic carbocycles. The third-order valence-corrected chi connectivity index (χ3v) is 4.61. The van der Waals surface area contributed by atoms with Crippen LogP contribution in [-0.4, -0.2) is 26.7 Å². The Labute approximate surface area is 168 Å². The summed E-state index contributed by atoms with van der Waals surface area (Å²) in [7, 11) is 1.44. The van der Waals surface area contributed by atoms with E-state index < -0.39 is 17.6 Å². The number of pyridine rings is 2. The Hall–Kier alpha value is -3.69. The van der Waals surface area contributed by atoms with Crippen LogP contribution in [0.1, 0.15) is 11.1 Å². The van der Waals surface area contributed by atoms with Gasteiger partial charge in [-0.05, 0) is 30.3 Å². The van der Waals surface area contributed by atoms with Crippen molar-refractivity contribution < 1.29 is 22.3 Å². The van der Waals surface area contributed by atoms with Crippen LogP contribution in [0.25, 0.3) is 16.8 Å². The number of anilines is 1. The highest BCUT2D eigenvalue weighted by Gasteiger charge is 2.34. The van der Waals surface area contributed by atoms with Crippen LogP contribution in [0, 0.1) is 5.82 Å². The lowest BCUT2D eigenvalue weighted by Crippen LogP contribution is -2.09. The van der Waals surface area contributed by atoms with E-state index in [1.165, 1.54) is 36.0 Å². The number of ether oxygens (including phenoxy) is 1. The number of fused-ring (bicyclic) bond motifs is 1. The van der Waals surface area contributed by atoms with E-state index in [4.69, 9.17) is 4.74 Å². The van der Waals surface area contributed by atoms with E-state index in [2.05, 4.69) is 20.5 Å². The van der Waals surface area contributed by atoms with E-state index in [9.17, 15) is 17.6 Å². The molecular formula is C20H15F4N5O. The molecule has 4 rings (SSSR count). The van der Waals surface area contributed by atoms with E-state index in [0.29, 0.717) is 17.1 Å². The number of benzene rings is 1. The maximum atomic E-state index is 14.2. The van der Waals surface area contributed by atoms with Crippen molar-refractivity contribution in [1.29, 1.82) is 0 Å². The number of alkyl halides is 3. The number of nitrogens with zero attached hydrogens (tertiary/aromatic N) is 4. The largest absolute Gasteiger partial charge is 0.496 e. The minimum absolute atomic E-state index is 0.0865. The first-order chi connectivity index (χ1) is 14.4. The molecule has 0 amide bonds. The molecule has 30 heavy (non-hydrogen) atoms. The molecule has 0 aliphatic carbocycles. The van der Waals surface area contributed by atoms with Crippen LogP contribution < -0.4 is 10.1 Å². The lowest BCUT2D eigenvalue weighted by Gasteiger charge is -2.15. The highest BCUT2D eigenvalue weighted by Crippen LogP contribution is 2.38. The molecule has 0 unspecified atom stereocenters. The quantitative estimate of drug-likeness (QED) is 0.482. The van der Waals surface area contributed by atoms with Crippen molar-refractivity contribution in [2.24, 2.45) is 0 Å². The zero-order chi connectivity index (χ0) is 21.3. The van der Waals surface area contributed by atoms with Crippen molar-refractivity contribution in [3.05, 3.63) is 72.1 Å². The van der Waals surface area contributed by atoms with Gasteiger partial charge in [0, 0.05) is 35.6 Å². The summed E-state index contributed by atoms with van der Waals surface area (Å²) in [6.07, 6.45) is -0.952. The second kappa shape index (κ2) is 7.62. The molecule has 0 bridgehead atoms. The standard InChI is InChI=1S/C20H15F4N5O/c1-30-17-4-2-3-16(21)14(17)10-26-18-6-5-12(19-28-27-11-29(18)19)13-9-25-8-7-15(13)20(22,23)24/h2-9,11,26H,10H2,1H3. The average Bonchev–Trinajstić information content (AvgIpc) is 3.22. The Morgan fingerprint density at radius 1 is 1.10 bits per heavy atom. The number of methoxy groups -OCH3 is 1. The van der Waals surface area contributed by atoms with Gasteiger partial charge >= 0.3 is 6.18 Å². The summed E-state index contributed by atoms with van der Waals surface area (Å²) in [5.41, 5.74) is -0.178. The molecule has 1 N–H and O–H groups in total. The first kappa shape index (κ1) is 19.6. The first-order valence-corrected chi connectivity index (χ1v) is 8.79. The maximum Gasteiger partial charge on any atom is 0.417 e. The molecule has 6 nitrogen and oxygen atoms in total. The van der Waals surface area contributed by atoms with Crippen molar-refractivity contribution in [2.75, 3.05) is 12.4 Å². The van der Waals surface area contributed by atoms with Gasteiger partial charge in [0.2, 0.25) is 0 Å². The topological polar surface area (TPSA) is 64.3 Å². The van der Waals surface area contributed by atoms with Crippen molar-refractivity contribution >= 4 is 11.5 Å². The number of hydrogen-bond donors (Lipinski definition) is 1. The lowest BCUT2D eigenvalue weighted by molar-refractivity contribution is -0.137. The van der Waals surface area contributed by atoms with Crippen molar-refractivity contribution in [2.45, 2.75) is 12.7 Å². The maximum absolute atomic E-state index is 14.2. The summed E-state index contributed by atoms with van der Waals surface area (Å²) in [6.45, 7) is 0.0865. The second-order valence-corrected chi connectivity index (χ2v) is 6.35. The Kier molecular flexibility index (Phi) is 4.98. The predicted molar refractivity (Wildman–Crippen MR) is 101 cm³/mol. The van der Waals surface area contributed by atoms with Gasteiger partial charge in [-0.25, -0.2) is 4.39 Å². The molecule has 0 aliphatic heterocycles. The first-order valence-electron chi connectivity index (χ1n) is 8.79. The molecule has 0 radical (unpaired) electrons. The van der Waals surface area contributed by atoms with E-state index in [1.54, 1.807) is 12.1 Å². The van der Waals surface area contributed by atoms with Crippen LogP contribution in [-0.2, 0) is 12.7 Å². The normalized spacial score (nSPS) is 11.6. The Bertz CT molecular complexity index is 1210. The van der Waals surface area contributed by atoms with Crippen LogP contribution >= 0.6 is 0 Å². The minimum atomic E-state index is -4.55. The fourth-order valence-corrected chi connectivity index (χ4v) is 3.20. The molecule has 3 aromatic heterocycles. The number of hydrogen-bond acceptors (Lipinski definition) is 5. The Morgan fingerprint density at radius 2 is 1.93 bits per heavy atom. The van der Waals surface area contributed by atoms with E-state index >= 15 is 0 Å². The minimum Gasteiger partial charge on any atom is -0.496 e. The molecule has 3 heterocycles. The zero-order valence-corrected chi connectivity index (χ0v) is 15.6. The van der Waals surface area contributed by atoms with Gasteiger partial charge in [-0.15, -0.1) is 10.2 Å². The van der Waals surface area contributed by atoms with Gasteiger partial charge < -0.3 is 10.1 Å². The fraction of sp³-hybridized carbons (Fsp3) is 0.150. The van der Waals surface area contributed by atoms with Gasteiger partial charge in [0.05, 0.1) is 12.7 Å². The van der Waals surface area contributed by atoms with Crippen LogP contribution in [0.3, 0.4) is 0 Å². The summed E-state index contributed by atoms with van der Waals surface area (Å²) in [5.74, 6) is 0.412. The highest BCUT2D eigenvalue weighted by atomic mass is 19.4. The van der Waals surface area contributed by atoms with Gasteiger partial charge in [-0.3, -0.25) is 9.38 Å². The Morgan fingerprint density at radius 3 is 2.70 bits per heavy atom. The number of nitrogens with one attached hydrogen (secondary N) is 1. The van der Waals surface area contributed by atoms with Crippen LogP contribution in [0.4, 0.5) is 23.4 Å². The van der Waals surface area contributed by atoms with Gasteiger partial charge in [0.1, 0.15) is 23.7 Å². The Balaban J connectivity index is 1.73. The number of halogens is 4. The summed E-state index contributed by atoms with van der Waals surface area (Å²) in [6, 6.07) is 8.48. The number of rotatable bonds is 5. The van der Waals surface area contributed by atoms with Crippen LogP contribution in [0.5, 0.6) is 5.75 Å². The summed E-state index contributed by atoms with van der Waals surface area (Å²) >= 11 is 0. The summed E-state index contributed by atoms with van der Waals surface area (Å²) in [5, 5.41) is 10.8. The van der Waals surface area contributed by atoms with Gasteiger partial charge in [-0.2, -0.15) is 13.2 Å². The molecule has 0 aliphatic rings. The summed E-state index contributed by atoms with van der Waals surface area (Å²) in [4.78, 5) is 3.82.